The molecular formula is C26H35N5O2S. The molecule has 0 N–H and O–H groups in total. The summed E-state index contributed by atoms with van der Waals surface area (Å²) in [6, 6.07) is 8.04. The molecule has 0 spiro atoms. The second-order valence-corrected chi connectivity index (χ2v) is 9.98. The third-order valence-electron chi connectivity index (χ3n) is 6.86. The number of hydrogen-bond acceptors (Lipinski definition) is 6. The minimum Gasteiger partial charge on any atom is -0.340 e. The highest BCUT2D eigenvalue weighted by molar-refractivity contribution is 8.16. The molecular weight excluding hydrogens is 446 g/mol. The minimum absolute atomic E-state index is 0.0116. The lowest BCUT2D eigenvalue weighted by atomic mass is 9.92. The van der Waals surface area contributed by atoms with Gasteiger partial charge in [0, 0.05) is 45.0 Å². The maximum Gasteiger partial charge on any atom is 0.254 e. The molecule has 0 aromatic heterocycles. The number of amidine groups is 1. The van der Waals surface area contributed by atoms with Crippen LogP contribution in [0.15, 0.2) is 51.6 Å². The molecule has 2 amide bonds. The fourth-order valence-corrected chi connectivity index (χ4v) is 5.68. The number of carbonyl (C=O) groups is 2. The summed E-state index contributed by atoms with van der Waals surface area (Å²) in [5.41, 5.74) is 4.56. The molecule has 1 unspecified atom stereocenters. The maximum absolute atomic E-state index is 13.7. The van der Waals surface area contributed by atoms with Crippen molar-refractivity contribution in [3.05, 3.63) is 57.8 Å². The lowest BCUT2D eigenvalue weighted by Crippen LogP contribution is -2.47. The fraction of sp³-hybridized carbons (Fsp3) is 0.500. The SMILES string of the molecule is CCN(CC)C(=O)C1=C(C)N=C2SC=C(CC(=O)N3CCN(C)CC3)N2C1c1ccc(C)cc1. The number of amides is 2. The summed E-state index contributed by atoms with van der Waals surface area (Å²) in [6.45, 7) is 12.6. The Morgan fingerprint density at radius 2 is 1.71 bits per heavy atom. The molecule has 34 heavy (non-hydrogen) atoms. The van der Waals surface area contributed by atoms with Crippen LogP contribution < -0.4 is 0 Å². The number of likely N-dealkylation sites (N-methyl/N-ethyl adjacent to an activating group) is 2. The predicted molar refractivity (Wildman–Crippen MR) is 138 cm³/mol. The molecule has 1 saturated heterocycles. The van der Waals surface area contributed by atoms with E-state index < -0.39 is 0 Å². The van der Waals surface area contributed by atoms with Gasteiger partial charge in [-0.25, -0.2) is 4.99 Å². The molecule has 7 nitrogen and oxygen atoms in total. The topological polar surface area (TPSA) is 59.5 Å². The summed E-state index contributed by atoms with van der Waals surface area (Å²) < 4.78 is 0. The Labute approximate surface area is 207 Å². The second kappa shape index (κ2) is 10.4. The van der Waals surface area contributed by atoms with Gasteiger partial charge in [0.1, 0.15) is 0 Å². The largest absolute Gasteiger partial charge is 0.340 e. The Balaban J connectivity index is 1.68. The number of benzene rings is 1. The Hall–Kier alpha value is -2.58. The van der Waals surface area contributed by atoms with Crippen molar-refractivity contribution in [3.63, 3.8) is 0 Å². The van der Waals surface area contributed by atoms with Crippen molar-refractivity contribution in [3.8, 4) is 0 Å². The van der Waals surface area contributed by atoms with E-state index in [0.29, 0.717) is 25.1 Å². The third kappa shape index (κ3) is 4.79. The van der Waals surface area contributed by atoms with Gasteiger partial charge in [0.25, 0.3) is 5.91 Å². The van der Waals surface area contributed by atoms with Crippen molar-refractivity contribution in [2.24, 2.45) is 4.99 Å². The summed E-state index contributed by atoms with van der Waals surface area (Å²) in [7, 11) is 2.09. The number of nitrogens with zero attached hydrogens (tertiary/aromatic N) is 5. The average Bonchev–Trinajstić information content (AvgIpc) is 3.21. The summed E-state index contributed by atoms with van der Waals surface area (Å²) >= 11 is 1.54. The van der Waals surface area contributed by atoms with Gasteiger partial charge in [-0.15, -0.1) is 0 Å². The molecule has 3 aliphatic rings. The van der Waals surface area contributed by atoms with Gasteiger partial charge in [-0.1, -0.05) is 41.6 Å². The molecule has 182 valence electrons. The number of piperazine rings is 1. The predicted octanol–water partition coefficient (Wildman–Crippen LogP) is 3.60. The van der Waals surface area contributed by atoms with E-state index >= 15 is 0 Å². The van der Waals surface area contributed by atoms with Crippen LogP contribution in [0, 0.1) is 6.92 Å². The van der Waals surface area contributed by atoms with Crippen LogP contribution in [0.4, 0.5) is 0 Å². The number of hydrogen-bond donors (Lipinski definition) is 0. The molecule has 1 aromatic rings. The maximum atomic E-state index is 13.7. The molecule has 1 fully saturated rings. The van der Waals surface area contributed by atoms with Crippen molar-refractivity contribution in [2.75, 3.05) is 46.3 Å². The summed E-state index contributed by atoms with van der Waals surface area (Å²) in [4.78, 5) is 39.9. The number of aliphatic imine (C=N–C) groups is 1. The van der Waals surface area contributed by atoms with Crippen LogP contribution in [0.5, 0.6) is 0 Å². The zero-order valence-corrected chi connectivity index (χ0v) is 21.7. The van der Waals surface area contributed by atoms with Gasteiger partial charge in [0.2, 0.25) is 5.91 Å². The van der Waals surface area contributed by atoms with Gasteiger partial charge in [0.15, 0.2) is 5.17 Å². The van der Waals surface area contributed by atoms with Gasteiger partial charge in [-0.3, -0.25) is 9.59 Å². The van der Waals surface area contributed by atoms with Gasteiger partial charge >= 0.3 is 0 Å². The van der Waals surface area contributed by atoms with E-state index in [1.165, 1.54) is 17.3 Å². The van der Waals surface area contributed by atoms with Crippen molar-refractivity contribution in [1.29, 1.82) is 0 Å². The highest BCUT2D eigenvalue weighted by Crippen LogP contribution is 2.45. The molecule has 0 bridgehead atoms. The number of fused-ring (bicyclic) bond motifs is 1. The number of carbonyl (C=O) groups excluding carboxylic acids is 2. The van der Waals surface area contributed by atoms with Gasteiger partial charge in [-0.2, -0.15) is 0 Å². The van der Waals surface area contributed by atoms with Crippen LogP contribution in [0.3, 0.4) is 0 Å². The molecule has 3 heterocycles. The monoisotopic (exact) mass is 481 g/mol. The molecule has 1 aromatic carbocycles. The highest BCUT2D eigenvalue weighted by Gasteiger charge is 2.41. The van der Waals surface area contributed by atoms with Gasteiger partial charge < -0.3 is 19.6 Å². The molecule has 1 atom stereocenters. The van der Waals surface area contributed by atoms with Crippen molar-refractivity contribution in [2.45, 2.75) is 40.2 Å². The molecule has 4 rings (SSSR count). The highest BCUT2D eigenvalue weighted by atomic mass is 32.2. The third-order valence-corrected chi connectivity index (χ3v) is 7.75. The number of allylic oxidation sites excluding steroid dienone is 1. The Morgan fingerprint density at radius 1 is 1.06 bits per heavy atom. The Bertz CT molecular complexity index is 1030. The van der Waals surface area contributed by atoms with Crippen molar-refractivity contribution < 1.29 is 9.59 Å². The first-order valence-electron chi connectivity index (χ1n) is 12.1. The summed E-state index contributed by atoms with van der Waals surface area (Å²) in [5, 5.41) is 2.87. The van der Waals surface area contributed by atoms with Crippen LogP contribution >= 0.6 is 11.8 Å². The molecule has 8 heteroatoms. The number of rotatable bonds is 6. The molecule has 0 radical (unpaired) electrons. The van der Waals surface area contributed by atoms with E-state index in [1.54, 1.807) is 0 Å². The average molecular weight is 482 g/mol. The van der Waals surface area contributed by atoms with Gasteiger partial charge in [0.05, 0.1) is 23.7 Å². The first-order valence-corrected chi connectivity index (χ1v) is 13.0. The number of aryl methyl sites for hydroxylation is 1. The Morgan fingerprint density at radius 3 is 2.32 bits per heavy atom. The van der Waals surface area contributed by atoms with Crippen LogP contribution in [0.2, 0.25) is 0 Å². The van der Waals surface area contributed by atoms with Crippen LogP contribution in [0.1, 0.15) is 44.4 Å². The first-order chi connectivity index (χ1) is 16.3. The number of thioether (sulfide) groups is 1. The van der Waals surface area contributed by atoms with E-state index in [2.05, 4.69) is 48.0 Å². The van der Waals surface area contributed by atoms with E-state index in [0.717, 1.165) is 48.3 Å². The minimum atomic E-state index is -0.303. The van der Waals surface area contributed by atoms with Crippen LogP contribution in [-0.2, 0) is 9.59 Å². The van der Waals surface area contributed by atoms with Crippen molar-refractivity contribution in [1.82, 2.24) is 19.6 Å². The smallest absolute Gasteiger partial charge is 0.254 e. The standard InChI is InChI=1S/C26H35N5O2S/c1-6-29(7-2)25(33)23-19(4)27-26-31(24(23)20-10-8-18(3)9-11-20)21(17-34-26)16-22(32)30-14-12-28(5)13-15-30/h8-11,17,24H,6-7,12-16H2,1-5H3. The molecule has 0 saturated carbocycles. The normalized spacial score (nSPS) is 20.8. The van der Waals surface area contributed by atoms with Crippen LogP contribution in [-0.4, -0.2) is 82.9 Å². The zero-order chi connectivity index (χ0) is 24.4. The first kappa shape index (κ1) is 24.5. The lowest BCUT2D eigenvalue weighted by molar-refractivity contribution is -0.132. The molecule has 0 aliphatic carbocycles. The van der Waals surface area contributed by atoms with E-state index in [1.807, 2.05) is 36.0 Å². The quantitative estimate of drug-likeness (QED) is 0.621. The van der Waals surface area contributed by atoms with Crippen molar-refractivity contribution >= 4 is 28.7 Å². The lowest BCUT2D eigenvalue weighted by Gasteiger charge is -2.38. The fourth-order valence-electron chi connectivity index (χ4n) is 4.71. The van der Waals surface area contributed by atoms with Gasteiger partial charge in [-0.05, 0) is 45.7 Å². The second-order valence-electron chi connectivity index (χ2n) is 9.14. The van der Waals surface area contributed by atoms with E-state index in [4.69, 9.17) is 4.99 Å². The Kier molecular flexibility index (Phi) is 7.48. The summed E-state index contributed by atoms with van der Waals surface area (Å²) in [5.74, 6) is 0.143. The van der Waals surface area contributed by atoms with Crippen LogP contribution in [0.25, 0.3) is 0 Å². The van der Waals surface area contributed by atoms with E-state index in [9.17, 15) is 9.59 Å². The molecule has 3 aliphatic heterocycles. The summed E-state index contributed by atoms with van der Waals surface area (Å²) in [6.07, 6.45) is 0.309. The zero-order valence-electron chi connectivity index (χ0n) is 20.9. The van der Waals surface area contributed by atoms with E-state index in [-0.39, 0.29) is 17.9 Å².